The van der Waals surface area contributed by atoms with Gasteiger partial charge in [0, 0.05) is 18.2 Å². The number of alkyl halides is 3. The molecule has 0 radical (unpaired) electrons. The minimum atomic E-state index is -5.08. The Morgan fingerprint density at radius 2 is 1.90 bits per heavy atom. The van der Waals surface area contributed by atoms with Crippen LogP contribution in [0.5, 0.6) is 0 Å². The standard InChI is InChI=1S/C19H24FN3O.C2HF3O2/c20-15-4-2-13(3-5-15)18-23-16(12-24-18)11-22-17-14(10-21)6-9-19(17)7-1-8-19;3-2(4,5)1(6)7/h2-5,12,14,17,22H,1,6-11,21H2;(H,6,7). The van der Waals surface area contributed by atoms with Crippen molar-refractivity contribution in [3.63, 3.8) is 0 Å². The first kappa shape index (κ1) is 23.2. The van der Waals surface area contributed by atoms with Crippen molar-refractivity contribution in [2.75, 3.05) is 6.54 Å². The zero-order chi connectivity index (χ0) is 22.6. The second-order valence-electron chi connectivity index (χ2n) is 8.06. The van der Waals surface area contributed by atoms with Gasteiger partial charge in [-0.25, -0.2) is 14.2 Å². The van der Waals surface area contributed by atoms with E-state index in [1.54, 1.807) is 18.4 Å². The van der Waals surface area contributed by atoms with Crippen LogP contribution in [0.15, 0.2) is 34.9 Å². The summed E-state index contributed by atoms with van der Waals surface area (Å²) in [6, 6.07) is 6.69. The SMILES string of the molecule is NCC1CCC2(CCC2)C1NCc1coc(-c2ccc(F)cc2)n1.O=C(O)C(F)(F)F. The van der Waals surface area contributed by atoms with Crippen molar-refractivity contribution in [2.24, 2.45) is 17.1 Å². The largest absolute Gasteiger partial charge is 0.490 e. The molecule has 4 N–H and O–H groups in total. The van der Waals surface area contributed by atoms with Gasteiger partial charge in [0.1, 0.15) is 12.1 Å². The zero-order valence-corrected chi connectivity index (χ0v) is 16.8. The van der Waals surface area contributed by atoms with Crippen molar-refractivity contribution in [1.29, 1.82) is 0 Å². The predicted molar refractivity (Wildman–Crippen MR) is 104 cm³/mol. The Labute approximate surface area is 176 Å². The van der Waals surface area contributed by atoms with Gasteiger partial charge < -0.3 is 20.6 Å². The molecule has 2 saturated carbocycles. The number of aromatic nitrogens is 1. The lowest BCUT2D eigenvalue weighted by Gasteiger charge is -2.45. The fraction of sp³-hybridized carbons (Fsp3) is 0.524. The Morgan fingerprint density at radius 1 is 1.26 bits per heavy atom. The van der Waals surface area contributed by atoms with E-state index in [1.807, 2.05) is 0 Å². The van der Waals surface area contributed by atoms with Gasteiger partial charge in [0.05, 0.1) is 5.69 Å². The summed E-state index contributed by atoms with van der Waals surface area (Å²) >= 11 is 0. The van der Waals surface area contributed by atoms with E-state index < -0.39 is 12.1 Å². The average molecular weight is 443 g/mol. The van der Waals surface area contributed by atoms with Crippen LogP contribution in [0.4, 0.5) is 17.6 Å². The molecule has 4 rings (SSSR count). The lowest BCUT2D eigenvalue weighted by Crippen LogP contribution is -2.49. The highest BCUT2D eigenvalue weighted by Gasteiger charge is 2.50. The molecule has 2 fully saturated rings. The topological polar surface area (TPSA) is 101 Å². The molecule has 1 spiro atoms. The maximum atomic E-state index is 13.0. The smallest absolute Gasteiger partial charge is 0.475 e. The third-order valence-electron chi connectivity index (χ3n) is 6.18. The second-order valence-corrected chi connectivity index (χ2v) is 8.06. The average Bonchev–Trinajstić information content (AvgIpc) is 3.31. The van der Waals surface area contributed by atoms with E-state index in [4.69, 9.17) is 20.1 Å². The van der Waals surface area contributed by atoms with Crippen LogP contribution in [0.1, 0.15) is 37.8 Å². The molecule has 2 aromatic rings. The summed E-state index contributed by atoms with van der Waals surface area (Å²) in [5, 5.41) is 10.8. The monoisotopic (exact) mass is 443 g/mol. The molecule has 1 aromatic heterocycles. The number of oxazole rings is 1. The number of carbonyl (C=O) groups is 1. The number of aliphatic carboxylic acids is 1. The Balaban J connectivity index is 0.000000339. The fourth-order valence-electron chi connectivity index (χ4n) is 4.45. The van der Waals surface area contributed by atoms with Crippen LogP contribution < -0.4 is 11.1 Å². The second kappa shape index (κ2) is 9.35. The summed E-state index contributed by atoms with van der Waals surface area (Å²) in [5.74, 6) is -1.92. The molecule has 0 saturated heterocycles. The van der Waals surface area contributed by atoms with Crippen LogP contribution in [0, 0.1) is 17.2 Å². The molecular formula is C21H25F4N3O3. The molecule has 0 aliphatic heterocycles. The number of halogens is 4. The molecule has 1 heterocycles. The summed E-state index contributed by atoms with van der Waals surface area (Å²) in [6.07, 6.45) is 3.11. The van der Waals surface area contributed by atoms with Crippen LogP contribution in [0.3, 0.4) is 0 Å². The molecule has 0 bridgehead atoms. The van der Waals surface area contributed by atoms with Gasteiger partial charge in [-0.2, -0.15) is 13.2 Å². The lowest BCUT2D eigenvalue weighted by molar-refractivity contribution is -0.192. The normalized spacial score (nSPS) is 22.0. The number of rotatable bonds is 5. The van der Waals surface area contributed by atoms with E-state index in [2.05, 4.69) is 10.3 Å². The Bertz CT molecular complexity index is 879. The summed E-state index contributed by atoms with van der Waals surface area (Å²) in [5.41, 5.74) is 8.12. The first-order chi connectivity index (χ1) is 14.6. The van der Waals surface area contributed by atoms with Crippen LogP contribution in [-0.2, 0) is 11.3 Å². The highest BCUT2D eigenvalue weighted by atomic mass is 19.4. The van der Waals surface area contributed by atoms with Crippen LogP contribution in [-0.4, -0.2) is 34.8 Å². The predicted octanol–water partition coefficient (Wildman–Crippen LogP) is 4.11. The lowest BCUT2D eigenvalue weighted by atomic mass is 9.64. The molecule has 6 nitrogen and oxygen atoms in total. The highest BCUT2D eigenvalue weighted by Crippen LogP contribution is 2.55. The van der Waals surface area contributed by atoms with Crippen molar-refractivity contribution in [2.45, 2.75) is 50.9 Å². The number of nitrogens with two attached hydrogens (primary N) is 1. The number of carboxylic acids is 1. The fourth-order valence-corrected chi connectivity index (χ4v) is 4.45. The van der Waals surface area contributed by atoms with E-state index in [1.165, 1.54) is 44.2 Å². The molecule has 2 atom stereocenters. The van der Waals surface area contributed by atoms with Crippen molar-refractivity contribution in [1.82, 2.24) is 10.3 Å². The molecule has 0 amide bonds. The van der Waals surface area contributed by atoms with E-state index in [-0.39, 0.29) is 5.82 Å². The van der Waals surface area contributed by atoms with Gasteiger partial charge in [-0.05, 0) is 67.8 Å². The van der Waals surface area contributed by atoms with Crippen LogP contribution in [0.2, 0.25) is 0 Å². The quantitative estimate of drug-likeness (QED) is 0.602. The molecular weight excluding hydrogens is 418 g/mol. The van der Waals surface area contributed by atoms with Crippen LogP contribution >= 0.6 is 0 Å². The first-order valence-corrected chi connectivity index (χ1v) is 10.1. The van der Waals surface area contributed by atoms with Crippen molar-refractivity contribution >= 4 is 5.97 Å². The van der Waals surface area contributed by atoms with Gasteiger partial charge in [0.2, 0.25) is 5.89 Å². The van der Waals surface area contributed by atoms with E-state index in [9.17, 15) is 17.6 Å². The van der Waals surface area contributed by atoms with E-state index >= 15 is 0 Å². The molecule has 31 heavy (non-hydrogen) atoms. The van der Waals surface area contributed by atoms with Gasteiger partial charge >= 0.3 is 12.1 Å². The summed E-state index contributed by atoms with van der Waals surface area (Å²) in [6.45, 7) is 1.44. The van der Waals surface area contributed by atoms with Crippen LogP contribution in [0.25, 0.3) is 11.5 Å². The summed E-state index contributed by atoms with van der Waals surface area (Å²) < 4.78 is 50.3. The Kier molecular flexibility index (Phi) is 7.00. The third-order valence-corrected chi connectivity index (χ3v) is 6.18. The van der Waals surface area contributed by atoms with Gasteiger partial charge in [-0.15, -0.1) is 0 Å². The highest BCUT2D eigenvalue weighted by molar-refractivity contribution is 5.73. The maximum Gasteiger partial charge on any atom is 0.490 e. The van der Waals surface area contributed by atoms with Gasteiger partial charge in [-0.1, -0.05) is 6.42 Å². The number of carboxylic acid groups (broad SMARTS) is 1. The minimum absolute atomic E-state index is 0.257. The Morgan fingerprint density at radius 3 is 2.42 bits per heavy atom. The first-order valence-electron chi connectivity index (χ1n) is 10.1. The van der Waals surface area contributed by atoms with Gasteiger partial charge in [-0.3, -0.25) is 0 Å². The number of benzene rings is 1. The molecule has 2 unspecified atom stereocenters. The van der Waals surface area contributed by atoms with Crippen molar-refractivity contribution < 1.29 is 31.9 Å². The van der Waals surface area contributed by atoms with Crippen molar-refractivity contribution in [3.05, 3.63) is 42.0 Å². The molecule has 2 aliphatic rings. The number of hydrogen-bond acceptors (Lipinski definition) is 5. The molecule has 10 heteroatoms. The summed E-state index contributed by atoms with van der Waals surface area (Å²) in [7, 11) is 0. The Hall–Kier alpha value is -2.46. The molecule has 2 aliphatic carbocycles. The maximum absolute atomic E-state index is 13.0. The number of nitrogens with one attached hydrogen (secondary N) is 1. The van der Waals surface area contributed by atoms with Gasteiger partial charge in [0.25, 0.3) is 0 Å². The zero-order valence-electron chi connectivity index (χ0n) is 16.8. The number of nitrogens with zero attached hydrogens (tertiary/aromatic N) is 1. The molecule has 1 aromatic carbocycles. The molecule has 170 valence electrons. The van der Waals surface area contributed by atoms with E-state index in [0.29, 0.717) is 29.8 Å². The van der Waals surface area contributed by atoms with E-state index in [0.717, 1.165) is 17.8 Å². The summed E-state index contributed by atoms with van der Waals surface area (Å²) in [4.78, 5) is 13.4. The third kappa shape index (κ3) is 5.43. The minimum Gasteiger partial charge on any atom is -0.475 e. The van der Waals surface area contributed by atoms with Gasteiger partial charge in [0.15, 0.2) is 0 Å². The van der Waals surface area contributed by atoms with Crippen molar-refractivity contribution in [3.8, 4) is 11.5 Å². The number of hydrogen-bond donors (Lipinski definition) is 3.